The van der Waals surface area contributed by atoms with Gasteiger partial charge in [-0.05, 0) is 39.3 Å². The summed E-state index contributed by atoms with van der Waals surface area (Å²) < 4.78 is 5.74. The van der Waals surface area contributed by atoms with Crippen LogP contribution >= 0.6 is 38.6 Å². The summed E-state index contributed by atoms with van der Waals surface area (Å²) in [5.74, 6) is -2.44. The number of Topliss-reactive ketones (excluding diaryl/α,β-unsaturated/α-hetero) is 1. The molecule has 3 aromatic rings. The van der Waals surface area contributed by atoms with E-state index in [2.05, 4.69) is 25.9 Å². The number of carbonyl (C=O) groups excluding carboxylic acids is 3. The zero-order chi connectivity index (χ0) is 24.7. The van der Waals surface area contributed by atoms with Crippen LogP contribution in [0.1, 0.15) is 54.3 Å². The molecule has 0 bridgehead atoms. The number of hydrogen-bond donors (Lipinski definition) is 1. The molecule has 0 saturated heterocycles. The van der Waals surface area contributed by atoms with Gasteiger partial charge in [0.05, 0.1) is 39.5 Å². The number of ether oxygens (including phenoxy) is 1. The lowest BCUT2D eigenvalue weighted by molar-refractivity contribution is -0.117. The average Bonchev–Trinajstić information content (AvgIpc) is 3.41. The number of hydrogen-bond acceptors (Lipinski definition) is 9. The molecule has 0 fully saturated rings. The fourth-order valence-electron chi connectivity index (χ4n) is 3.76. The Morgan fingerprint density at radius 3 is 2.41 bits per heavy atom. The molecule has 8 nitrogen and oxygen atoms in total. The van der Waals surface area contributed by atoms with Crippen LogP contribution in [0.4, 0.5) is 5.13 Å². The first-order valence-electron chi connectivity index (χ1n) is 10.3. The van der Waals surface area contributed by atoms with Gasteiger partial charge in [0.2, 0.25) is 5.78 Å². The van der Waals surface area contributed by atoms with Gasteiger partial charge in [-0.1, -0.05) is 45.5 Å². The highest BCUT2D eigenvalue weighted by molar-refractivity contribution is 9.10. The second-order valence-corrected chi connectivity index (χ2v) is 10.5. The third kappa shape index (κ3) is 4.08. The van der Waals surface area contributed by atoms with Crippen molar-refractivity contribution in [2.45, 2.75) is 33.7 Å². The van der Waals surface area contributed by atoms with Gasteiger partial charge in [0.1, 0.15) is 4.88 Å². The number of nitrogens with zero attached hydrogens (tertiary/aromatic N) is 3. The molecular formula is C23H20BrN3O5S2. The number of anilines is 1. The van der Waals surface area contributed by atoms with Crippen LogP contribution in [0, 0.1) is 20.8 Å². The summed E-state index contributed by atoms with van der Waals surface area (Å²) in [5.41, 5.74) is 1.45. The highest BCUT2D eigenvalue weighted by Crippen LogP contribution is 2.46. The third-order valence-corrected chi connectivity index (χ3v) is 8.15. The number of halogens is 1. The number of rotatable bonds is 6. The minimum absolute atomic E-state index is 0.0609. The van der Waals surface area contributed by atoms with E-state index in [-0.39, 0.29) is 22.2 Å². The van der Waals surface area contributed by atoms with Gasteiger partial charge in [0.25, 0.3) is 5.91 Å². The molecule has 1 aliphatic rings. The highest BCUT2D eigenvalue weighted by atomic mass is 79.9. The molecule has 4 rings (SSSR count). The Morgan fingerprint density at radius 1 is 1.12 bits per heavy atom. The SMILES string of the molecule is CCOC(=O)c1sc(N2C(=O)C(O)=C(C(=O)c3sc(C)nc3C)C2c2ccccc2Br)nc1C. The van der Waals surface area contributed by atoms with Crippen molar-refractivity contribution in [3.8, 4) is 0 Å². The number of aliphatic hydroxyl groups is 1. The predicted molar refractivity (Wildman–Crippen MR) is 133 cm³/mol. The second kappa shape index (κ2) is 9.40. The van der Waals surface area contributed by atoms with Gasteiger partial charge in [-0.3, -0.25) is 14.5 Å². The molecule has 2 aromatic heterocycles. The molecule has 34 heavy (non-hydrogen) atoms. The molecule has 1 unspecified atom stereocenters. The van der Waals surface area contributed by atoms with E-state index >= 15 is 0 Å². The minimum Gasteiger partial charge on any atom is -0.503 e. The lowest BCUT2D eigenvalue weighted by atomic mass is 9.95. The molecule has 1 N–H and O–H groups in total. The van der Waals surface area contributed by atoms with Crippen molar-refractivity contribution < 1.29 is 24.2 Å². The first-order valence-corrected chi connectivity index (χ1v) is 12.7. The topological polar surface area (TPSA) is 110 Å². The summed E-state index contributed by atoms with van der Waals surface area (Å²) in [7, 11) is 0. The van der Waals surface area contributed by atoms with Crippen LogP contribution in [0.5, 0.6) is 0 Å². The Balaban J connectivity index is 1.89. The lowest BCUT2D eigenvalue weighted by Crippen LogP contribution is -2.31. The molecule has 1 aromatic carbocycles. The summed E-state index contributed by atoms with van der Waals surface area (Å²) in [6.07, 6.45) is 0. The molecule has 0 aliphatic carbocycles. The van der Waals surface area contributed by atoms with E-state index in [4.69, 9.17) is 4.74 Å². The van der Waals surface area contributed by atoms with Crippen LogP contribution in [0.25, 0.3) is 0 Å². The Morgan fingerprint density at radius 2 is 1.79 bits per heavy atom. The Hall–Kier alpha value is -2.89. The van der Waals surface area contributed by atoms with Crippen molar-refractivity contribution in [1.82, 2.24) is 9.97 Å². The Bertz CT molecular complexity index is 1360. The van der Waals surface area contributed by atoms with E-state index in [1.807, 2.05) is 6.07 Å². The minimum atomic E-state index is -0.960. The van der Waals surface area contributed by atoms with E-state index in [1.165, 1.54) is 16.2 Å². The molecular weight excluding hydrogens is 542 g/mol. The number of aliphatic hydroxyl groups excluding tert-OH is 1. The maximum absolute atomic E-state index is 13.6. The quantitative estimate of drug-likeness (QED) is 0.323. The number of aromatic nitrogens is 2. The van der Waals surface area contributed by atoms with Crippen molar-refractivity contribution in [3.05, 3.63) is 71.8 Å². The van der Waals surface area contributed by atoms with Crippen LogP contribution < -0.4 is 4.90 Å². The maximum atomic E-state index is 13.6. The first-order chi connectivity index (χ1) is 16.1. The standard InChI is InChI=1S/C23H20BrN3O5S2/c1-5-32-22(31)20-11(3)26-23(34-20)27-16(13-8-6-7-9-14(13)24)15(18(29)21(27)30)17(28)19-10(2)25-12(4)33-19/h6-9,16,29H,5H2,1-4H3. The molecule has 176 valence electrons. The molecule has 1 amide bonds. The maximum Gasteiger partial charge on any atom is 0.350 e. The molecule has 11 heteroatoms. The predicted octanol–water partition coefficient (Wildman–Crippen LogP) is 5.25. The summed E-state index contributed by atoms with van der Waals surface area (Å²) in [5, 5.41) is 11.8. The number of esters is 1. The van der Waals surface area contributed by atoms with E-state index < -0.39 is 29.5 Å². The zero-order valence-electron chi connectivity index (χ0n) is 18.7. The number of ketones is 1. The Labute approximate surface area is 212 Å². The van der Waals surface area contributed by atoms with Crippen molar-refractivity contribution in [2.75, 3.05) is 11.5 Å². The lowest BCUT2D eigenvalue weighted by Gasteiger charge is -2.25. The summed E-state index contributed by atoms with van der Waals surface area (Å²) in [6.45, 7) is 7.04. The number of amides is 1. The number of carbonyl (C=O) groups is 3. The van der Waals surface area contributed by atoms with Crippen LogP contribution in [0.2, 0.25) is 0 Å². The van der Waals surface area contributed by atoms with Crippen LogP contribution in [0.3, 0.4) is 0 Å². The fourth-order valence-corrected chi connectivity index (χ4v) is 6.12. The summed E-state index contributed by atoms with van der Waals surface area (Å²) in [4.78, 5) is 49.9. The summed E-state index contributed by atoms with van der Waals surface area (Å²) in [6, 6.07) is 6.17. The zero-order valence-corrected chi connectivity index (χ0v) is 21.9. The van der Waals surface area contributed by atoms with Gasteiger partial charge in [0.15, 0.2) is 10.9 Å². The monoisotopic (exact) mass is 561 g/mol. The van der Waals surface area contributed by atoms with E-state index in [0.29, 0.717) is 31.3 Å². The van der Waals surface area contributed by atoms with Crippen LogP contribution in [-0.2, 0) is 9.53 Å². The van der Waals surface area contributed by atoms with Crippen molar-refractivity contribution in [3.63, 3.8) is 0 Å². The van der Waals surface area contributed by atoms with Gasteiger partial charge in [0, 0.05) is 4.47 Å². The Kier molecular flexibility index (Phi) is 6.70. The average molecular weight is 562 g/mol. The highest BCUT2D eigenvalue weighted by Gasteiger charge is 2.47. The molecule has 3 heterocycles. The van der Waals surface area contributed by atoms with Gasteiger partial charge in [-0.25, -0.2) is 14.8 Å². The van der Waals surface area contributed by atoms with Crippen molar-refractivity contribution in [2.24, 2.45) is 0 Å². The van der Waals surface area contributed by atoms with Gasteiger partial charge >= 0.3 is 5.97 Å². The van der Waals surface area contributed by atoms with Gasteiger partial charge in [-0.15, -0.1) is 11.3 Å². The van der Waals surface area contributed by atoms with E-state index in [9.17, 15) is 19.5 Å². The number of aryl methyl sites for hydroxylation is 3. The first kappa shape index (κ1) is 24.2. The second-order valence-electron chi connectivity index (χ2n) is 7.47. The molecule has 0 saturated carbocycles. The smallest absolute Gasteiger partial charge is 0.350 e. The molecule has 0 radical (unpaired) electrons. The summed E-state index contributed by atoms with van der Waals surface area (Å²) >= 11 is 5.69. The molecule has 1 atom stereocenters. The molecule has 1 aliphatic heterocycles. The fraction of sp³-hybridized carbons (Fsp3) is 0.261. The van der Waals surface area contributed by atoms with Crippen LogP contribution in [0.15, 0.2) is 40.1 Å². The largest absolute Gasteiger partial charge is 0.503 e. The normalized spacial score (nSPS) is 15.9. The van der Waals surface area contributed by atoms with Gasteiger partial charge < -0.3 is 9.84 Å². The number of thiazole rings is 2. The van der Waals surface area contributed by atoms with Crippen molar-refractivity contribution >= 4 is 61.4 Å². The van der Waals surface area contributed by atoms with Crippen molar-refractivity contribution in [1.29, 1.82) is 0 Å². The van der Waals surface area contributed by atoms with E-state index in [1.54, 1.807) is 45.9 Å². The number of benzene rings is 1. The molecule has 0 spiro atoms. The van der Waals surface area contributed by atoms with Gasteiger partial charge in [-0.2, -0.15) is 0 Å². The van der Waals surface area contributed by atoms with Crippen LogP contribution in [-0.4, -0.2) is 39.3 Å². The van der Waals surface area contributed by atoms with E-state index in [0.717, 1.165) is 11.3 Å². The third-order valence-electron chi connectivity index (χ3n) is 5.21.